The van der Waals surface area contributed by atoms with Gasteiger partial charge in [-0.05, 0) is 35.3 Å². The number of carbonyl (C=O) groups is 1. The van der Waals surface area contributed by atoms with Crippen molar-refractivity contribution < 1.29 is 4.79 Å². The zero-order valence-corrected chi connectivity index (χ0v) is 13.9. The van der Waals surface area contributed by atoms with Crippen molar-refractivity contribution in [1.29, 1.82) is 0 Å². The van der Waals surface area contributed by atoms with Gasteiger partial charge in [0.1, 0.15) is 0 Å². The van der Waals surface area contributed by atoms with E-state index < -0.39 is 0 Å². The van der Waals surface area contributed by atoms with Gasteiger partial charge < -0.3 is 4.90 Å². The number of fused-ring (bicyclic) bond motifs is 1. The Morgan fingerprint density at radius 2 is 1.44 bits per heavy atom. The van der Waals surface area contributed by atoms with Gasteiger partial charge in [0.25, 0.3) is 5.91 Å². The zero-order chi connectivity index (χ0) is 17.1. The van der Waals surface area contributed by atoms with E-state index in [-0.39, 0.29) is 5.91 Å². The van der Waals surface area contributed by atoms with E-state index >= 15 is 0 Å². The van der Waals surface area contributed by atoms with Gasteiger partial charge in [0, 0.05) is 17.8 Å². The number of para-hydroxylation sites is 1. The first-order valence-electron chi connectivity index (χ1n) is 8.55. The molecule has 0 aromatic heterocycles. The molecule has 2 nitrogen and oxygen atoms in total. The van der Waals surface area contributed by atoms with Crippen LogP contribution in [-0.2, 0) is 11.2 Å². The Bertz CT molecular complexity index is 913. The van der Waals surface area contributed by atoms with Crippen molar-refractivity contribution in [3.63, 3.8) is 0 Å². The van der Waals surface area contributed by atoms with Crippen LogP contribution in [0.2, 0.25) is 0 Å². The van der Waals surface area contributed by atoms with Crippen LogP contribution in [0.5, 0.6) is 0 Å². The molecule has 0 aliphatic carbocycles. The molecule has 1 aliphatic rings. The summed E-state index contributed by atoms with van der Waals surface area (Å²) in [5, 5.41) is 0. The third-order valence-electron chi connectivity index (χ3n) is 4.56. The third kappa shape index (κ3) is 3.11. The molecular formula is C23H19NO. The lowest BCUT2D eigenvalue weighted by Gasteiger charge is -2.19. The molecule has 0 N–H and O–H groups in total. The van der Waals surface area contributed by atoms with Crippen LogP contribution in [0.1, 0.15) is 16.7 Å². The average molecular weight is 325 g/mol. The van der Waals surface area contributed by atoms with Crippen molar-refractivity contribution in [1.82, 2.24) is 0 Å². The second-order valence-corrected chi connectivity index (χ2v) is 6.17. The molecule has 25 heavy (non-hydrogen) atoms. The molecule has 3 aromatic carbocycles. The first-order chi connectivity index (χ1) is 12.3. The summed E-state index contributed by atoms with van der Waals surface area (Å²) in [6, 6.07) is 28.1. The highest BCUT2D eigenvalue weighted by Crippen LogP contribution is 2.31. The van der Waals surface area contributed by atoms with Gasteiger partial charge in [-0.1, -0.05) is 78.9 Å². The maximum Gasteiger partial charge on any atom is 0.258 e. The summed E-state index contributed by atoms with van der Waals surface area (Å²) in [4.78, 5) is 15.3. The van der Waals surface area contributed by atoms with Crippen LogP contribution in [0.25, 0.3) is 11.6 Å². The first-order valence-corrected chi connectivity index (χ1v) is 8.55. The van der Waals surface area contributed by atoms with Gasteiger partial charge >= 0.3 is 0 Å². The standard InChI is InChI=1S/C23H19NO/c25-23(24-16-15-20-13-7-8-14-22(20)24)21(19-11-5-2-6-12-19)17-18-9-3-1-4-10-18/h1-14,17H,15-16H2/b21-17+. The van der Waals surface area contributed by atoms with Crippen LogP contribution < -0.4 is 4.90 Å². The number of carbonyl (C=O) groups excluding carboxylic acids is 1. The number of anilines is 1. The molecule has 0 spiro atoms. The smallest absolute Gasteiger partial charge is 0.258 e. The first kappa shape index (κ1) is 15.4. The molecule has 1 amide bonds. The molecule has 1 heterocycles. The van der Waals surface area contributed by atoms with Crippen molar-refractivity contribution in [2.75, 3.05) is 11.4 Å². The summed E-state index contributed by atoms with van der Waals surface area (Å²) in [5.41, 5.74) is 4.97. The minimum atomic E-state index is 0.0556. The Morgan fingerprint density at radius 1 is 0.800 bits per heavy atom. The average Bonchev–Trinajstić information content (AvgIpc) is 3.11. The van der Waals surface area contributed by atoms with Crippen LogP contribution in [-0.4, -0.2) is 12.5 Å². The van der Waals surface area contributed by atoms with Gasteiger partial charge in [-0.15, -0.1) is 0 Å². The summed E-state index contributed by atoms with van der Waals surface area (Å²) in [7, 11) is 0. The molecule has 1 aliphatic heterocycles. The maximum atomic E-state index is 13.4. The molecular weight excluding hydrogens is 306 g/mol. The summed E-state index contributed by atoms with van der Waals surface area (Å²) in [5.74, 6) is 0.0556. The quantitative estimate of drug-likeness (QED) is 0.499. The van der Waals surface area contributed by atoms with Crippen LogP contribution in [0.3, 0.4) is 0 Å². The minimum Gasteiger partial charge on any atom is -0.308 e. The van der Waals surface area contributed by atoms with Crippen molar-refractivity contribution in [3.05, 3.63) is 102 Å². The summed E-state index contributed by atoms with van der Waals surface area (Å²) >= 11 is 0. The molecule has 0 fully saturated rings. The lowest BCUT2D eigenvalue weighted by molar-refractivity contribution is -0.113. The van der Waals surface area contributed by atoms with Crippen LogP contribution in [0.4, 0.5) is 5.69 Å². The highest BCUT2D eigenvalue weighted by Gasteiger charge is 2.27. The zero-order valence-electron chi connectivity index (χ0n) is 13.9. The fraction of sp³-hybridized carbons (Fsp3) is 0.0870. The van der Waals surface area contributed by atoms with Crippen LogP contribution in [0, 0.1) is 0 Å². The van der Waals surface area contributed by atoms with Crippen molar-refractivity contribution in [2.45, 2.75) is 6.42 Å². The molecule has 0 atom stereocenters. The van der Waals surface area contributed by atoms with Gasteiger partial charge in [0.2, 0.25) is 0 Å². The molecule has 0 radical (unpaired) electrons. The molecule has 2 heteroatoms. The van der Waals surface area contributed by atoms with Crippen molar-refractivity contribution in [3.8, 4) is 0 Å². The highest BCUT2D eigenvalue weighted by molar-refractivity contribution is 6.30. The topological polar surface area (TPSA) is 20.3 Å². The number of hydrogen-bond acceptors (Lipinski definition) is 1. The Labute approximate surface area is 148 Å². The van der Waals surface area contributed by atoms with Gasteiger partial charge in [-0.3, -0.25) is 4.79 Å². The molecule has 0 saturated heterocycles. The molecule has 0 bridgehead atoms. The lowest BCUT2D eigenvalue weighted by atomic mass is 10.0. The molecule has 3 aromatic rings. The van der Waals surface area contributed by atoms with Gasteiger partial charge in [-0.2, -0.15) is 0 Å². The summed E-state index contributed by atoms with van der Waals surface area (Å²) in [6.45, 7) is 0.733. The van der Waals surface area contributed by atoms with Gasteiger partial charge in [0.15, 0.2) is 0 Å². The van der Waals surface area contributed by atoms with Gasteiger partial charge in [0.05, 0.1) is 0 Å². The van der Waals surface area contributed by atoms with Gasteiger partial charge in [-0.25, -0.2) is 0 Å². The number of hydrogen-bond donors (Lipinski definition) is 0. The van der Waals surface area contributed by atoms with E-state index in [2.05, 4.69) is 6.07 Å². The van der Waals surface area contributed by atoms with E-state index in [1.165, 1.54) is 5.56 Å². The highest BCUT2D eigenvalue weighted by atomic mass is 16.2. The SMILES string of the molecule is O=C(/C(=C/c1ccccc1)c1ccccc1)N1CCc2ccccc21. The number of nitrogens with zero attached hydrogens (tertiary/aromatic N) is 1. The number of benzene rings is 3. The van der Waals surface area contributed by atoms with Crippen LogP contribution >= 0.6 is 0 Å². The summed E-state index contributed by atoms with van der Waals surface area (Å²) in [6.07, 6.45) is 2.90. The fourth-order valence-corrected chi connectivity index (χ4v) is 3.30. The van der Waals surface area contributed by atoms with E-state index in [0.29, 0.717) is 0 Å². The monoisotopic (exact) mass is 325 g/mol. The Balaban J connectivity index is 1.77. The van der Waals surface area contributed by atoms with E-state index in [1.807, 2.05) is 89.8 Å². The van der Waals surface area contributed by atoms with Crippen molar-refractivity contribution in [2.24, 2.45) is 0 Å². The second kappa shape index (κ2) is 6.78. The number of amides is 1. The van der Waals surface area contributed by atoms with Crippen LogP contribution in [0.15, 0.2) is 84.9 Å². The van der Waals surface area contributed by atoms with E-state index in [1.54, 1.807) is 0 Å². The van der Waals surface area contributed by atoms with E-state index in [4.69, 9.17) is 0 Å². The Kier molecular flexibility index (Phi) is 4.17. The predicted molar refractivity (Wildman–Crippen MR) is 103 cm³/mol. The van der Waals surface area contributed by atoms with E-state index in [0.717, 1.165) is 35.4 Å². The normalized spacial score (nSPS) is 13.6. The predicted octanol–water partition coefficient (Wildman–Crippen LogP) is 4.82. The van der Waals surface area contributed by atoms with Crippen molar-refractivity contribution >= 4 is 23.2 Å². The lowest BCUT2D eigenvalue weighted by Crippen LogP contribution is -2.29. The largest absolute Gasteiger partial charge is 0.308 e. The number of rotatable bonds is 3. The molecule has 0 unspecified atom stereocenters. The molecule has 4 rings (SSSR count). The summed E-state index contributed by atoms with van der Waals surface area (Å²) < 4.78 is 0. The third-order valence-corrected chi connectivity index (χ3v) is 4.56. The maximum absolute atomic E-state index is 13.4. The molecule has 0 saturated carbocycles. The fourth-order valence-electron chi connectivity index (χ4n) is 3.30. The molecule has 122 valence electrons. The Morgan fingerprint density at radius 3 is 2.20 bits per heavy atom. The minimum absolute atomic E-state index is 0.0556. The second-order valence-electron chi connectivity index (χ2n) is 6.17. The van der Waals surface area contributed by atoms with E-state index in [9.17, 15) is 4.79 Å². The Hall–Kier alpha value is -3.13.